The van der Waals surface area contributed by atoms with Gasteiger partial charge in [0.2, 0.25) is 0 Å². The number of nitrogen functional groups attached to an aromatic ring is 1. The van der Waals surface area contributed by atoms with Gasteiger partial charge in [-0.3, -0.25) is 10.2 Å². The van der Waals surface area contributed by atoms with E-state index in [1.165, 1.54) is 12.8 Å². The van der Waals surface area contributed by atoms with Gasteiger partial charge >= 0.3 is 6.03 Å². The van der Waals surface area contributed by atoms with E-state index in [-0.39, 0.29) is 11.9 Å². The normalized spacial score (nSPS) is 20.5. The van der Waals surface area contributed by atoms with Crippen LogP contribution in [0.1, 0.15) is 57.3 Å². The third kappa shape index (κ3) is 5.77. The first kappa shape index (κ1) is 27.2. The Bertz CT molecular complexity index is 1490. The topological polar surface area (TPSA) is 130 Å². The molecule has 4 aromatic rings. The van der Waals surface area contributed by atoms with Gasteiger partial charge in [0.05, 0.1) is 5.39 Å². The maximum absolute atomic E-state index is 12.5. The molecule has 1 aromatic carbocycles. The number of urea groups is 1. The number of aromatic nitrogens is 4. The zero-order valence-corrected chi connectivity index (χ0v) is 24.0. The van der Waals surface area contributed by atoms with Crippen molar-refractivity contribution in [2.75, 3.05) is 49.6 Å². The van der Waals surface area contributed by atoms with E-state index in [1.54, 1.807) is 12.4 Å². The lowest BCUT2D eigenvalue weighted by molar-refractivity contribution is 0.0828. The fraction of sp³-hybridized carbons (Fsp3) is 0.467. The molecule has 6 rings (SSSR count). The van der Waals surface area contributed by atoms with Crippen LogP contribution in [0.4, 0.5) is 22.1 Å². The van der Waals surface area contributed by atoms with Crippen molar-refractivity contribution in [3.05, 3.63) is 48.6 Å². The van der Waals surface area contributed by atoms with E-state index in [0.29, 0.717) is 29.4 Å². The van der Waals surface area contributed by atoms with Gasteiger partial charge in [-0.05, 0) is 50.4 Å². The largest absolute Gasteiger partial charge is 0.383 e. The molecule has 0 radical (unpaired) electrons. The van der Waals surface area contributed by atoms with E-state index in [9.17, 15) is 4.79 Å². The number of carbonyl (C=O) groups excluding carboxylic acids is 1. The van der Waals surface area contributed by atoms with Crippen LogP contribution in [-0.2, 0) is 0 Å². The molecule has 2 fully saturated rings. The predicted molar refractivity (Wildman–Crippen MR) is 161 cm³/mol. The molecule has 1 saturated heterocycles. The number of hydrogen-bond acceptors (Lipinski definition) is 8. The average molecular weight is 558 g/mol. The van der Waals surface area contributed by atoms with Crippen molar-refractivity contribution in [1.82, 2.24) is 29.5 Å². The lowest BCUT2D eigenvalue weighted by atomic mass is 9.89. The van der Waals surface area contributed by atoms with Crippen LogP contribution in [0, 0.1) is 0 Å². The van der Waals surface area contributed by atoms with Gasteiger partial charge in [0.25, 0.3) is 0 Å². The maximum atomic E-state index is 12.5. The summed E-state index contributed by atoms with van der Waals surface area (Å²) in [5.41, 5.74) is 9.94. The van der Waals surface area contributed by atoms with Gasteiger partial charge in [0.15, 0.2) is 5.82 Å². The van der Waals surface area contributed by atoms with Crippen LogP contribution in [0.15, 0.2) is 47.4 Å². The molecule has 216 valence electrons. The van der Waals surface area contributed by atoms with Crippen LogP contribution in [-0.4, -0.2) is 74.8 Å². The quantitative estimate of drug-likeness (QED) is 0.296. The molecule has 2 amide bonds. The Morgan fingerprint density at radius 2 is 1.71 bits per heavy atom. The van der Waals surface area contributed by atoms with Crippen molar-refractivity contribution in [3.63, 3.8) is 0 Å². The molecule has 1 aliphatic heterocycles. The number of carbonyl (C=O) groups is 1. The highest BCUT2D eigenvalue weighted by atomic mass is 16.5. The molecule has 0 bridgehead atoms. The van der Waals surface area contributed by atoms with Crippen molar-refractivity contribution < 1.29 is 9.32 Å². The standard InChI is InChI=1S/C30H39N9O2/c1-19(2)25-16-26(36-41-25)35-30(40)34-21-6-4-20(5-7-21)24-17-39(29-27(24)28(31)32-18-33-29)23-10-8-22(9-11-23)38-14-12-37(3)13-15-38/h4-7,16-19,22-23H,8-15H2,1-3H3,(H2,31,32,33)(H2,34,35,36,40). The predicted octanol–water partition coefficient (Wildman–Crippen LogP) is 5.17. The summed E-state index contributed by atoms with van der Waals surface area (Å²) in [7, 11) is 2.21. The van der Waals surface area contributed by atoms with E-state index in [4.69, 9.17) is 10.3 Å². The smallest absolute Gasteiger partial charge is 0.324 e. The van der Waals surface area contributed by atoms with Crippen LogP contribution in [0.25, 0.3) is 22.2 Å². The first-order valence-electron chi connectivity index (χ1n) is 14.5. The highest BCUT2D eigenvalue weighted by molar-refractivity contribution is 6.02. The Morgan fingerprint density at radius 3 is 2.39 bits per heavy atom. The molecule has 4 N–H and O–H groups in total. The van der Waals surface area contributed by atoms with Crippen LogP contribution in [0.5, 0.6) is 0 Å². The first-order valence-corrected chi connectivity index (χ1v) is 14.5. The lowest BCUT2D eigenvalue weighted by Crippen LogP contribution is -2.49. The zero-order valence-electron chi connectivity index (χ0n) is 24.0. The SMILES string of the molecule is CC(C)c1cc(NC(=O)Nc2ccc(-c3cn(C4CCC(N5CCN(C)CC5)CC4)c4ncnc(N)c34)cc2)no1. The molecule has 0 unspecified atom stereocenters. The van der Waals surface area contributed by atoms with Gasteiger partial charge in [-0.1, -0.05) is 31.1 Å². The molecule has 3 aromatic heterocycles. The monoisotopic (exact) mass is 557 g/mol. The number of anilines is 3. The first-order chi connectivity index (χ1) is 19.9. The van der Waals surface area contributed by atoms with Gasteiger partial charge in [-0.15, -0.1) is 0 Å². The summed E-state index contributed by atoms with van der Waals surface area (Å²) >= 11 is 0. The van der Waals surface area contributed by atoms with Crippen molar-refractivity contribution in [2.24, 2.45) is 0 Å². The summed E-state index contributed by atoms with van der Waals surface area (Å²) in [6.07, 6.45) is 8.36. The minimum atomic E-state index is -0.386. The molecule has 4 heterocycles. The van der Waals surface area contributed by atoms with Crippen molar-refractivity contribution in [1.29, 1.82) is 0 Å². The summed E-state index contributed by atoms with van der Waals surface area (Å²) < 4.78 is 7.56. The molecule has 11 heteroatoms. The molecule has 0 atom stereocenters. The number of hydrogen-bond donors (Lipinski definition) is 3. The molecule has 0 spiro atoms. The summed E-state index contributed by atoms with van der Waals surface area (Å²) in [6.45, 7) is 8.64. The van der Waals surface area contributed by atoms with E-state index >= 15 is 0 Å². The third-order valence-corrected chi connectivity index (χ3v) is 8.55. The van der Waals surface area contributed by atoms with Crippen LogP contribution >= 0.6 is 0 Å². The fourth-order valence-electron chi connectivity index (χ4n) is 6.13. The van der Waals surface area contributed by atoms with E-state index in [0.717, 1.165) is 66.9 Å². The summed E-state index contributed by atoms with van der Waals surface area (Å²) in [5.74, 6) is 1.76. The van der Waals surface area contributed by atoms with Crippen molar-refractivity contribution in [3.8, 4) is 11.1 Å². The van der Waals surface area contributed by atoms with Crippen LogP contribution in [0.2, 0.25) is 0 Å². The van der Waals surface area contributed by atoms with Gasteiger partial charge < -0.3 is 25.0 Å². The number of piperazine rings is 1. The molecule has 11 nitrogen and oxygen atoms in total. The molecule has 41 heavy (non-hydrogen) atoms. The molecule has 1 aliphatic carbocycles. The Kier molecular flexibility index (Phi) is 7.63. The highest BCUT2D eigenvalue weighted by Crippen LogP contribution is 2.39. The van der Waals surface area contributed by atoms with Gasteiger partial charge in [-0.2, -0.15) is 0 Å². The number of nitrogens with zero attached hydrogens (tertiary/aromatic N) is 6. The number of nitrogens with one attached hydrogen (secondary N) is 2. The zero-order chi connectivity index (χ0) is 28.5. The number of nitrogens with two attached hydrogens (primary N) is 1. The highest BCUT2D eigenvalue weighted by Gasteiger charge is 2.30. The molecule has 1 saturated carbocycles. The Morgan fingerprint density at radius 1 is 1.00 bits per heavy atom. The Hall–Kier alpha value is -3.96. The van der Waals surface area contributed by atoms with Crippen molar-refractivity contribution in [2.45, 2.75) is 57.5 Å². The van der Waals surface area contributed by atoms with Gasteiger partial charge in [0, 0.05) is 67.7 Å². The average Bonchev–Trinajstić information content (AvgIpc) is 3.60. The molecule has 2 aliphatic rings. The number of fused-ring (bicyclic) bond motifs is 1. The summed E-state index contributed by atoms with van der Waals surface area (Å²) in [4.78, 5) is 26.6. The lowest BCUT2D eigenvalue weighted by Gasteiger charge is -2.41. The van der Waals surface area contributed by atoms with Crippen molar-refractivity contribution >= 4 is 34.4 Å². The van der Waals surface area contributed by atoms with Crippen LogP contribution < -0.4 is 16.4 Å². The van der Waals surface area contributed by atoms with Gasteiger partial charge in [0.1, 0.15) is 23.6 Å². The second-order valence-electron chi connectivity index (χ2n) is 11.6. The van der Waals surface area contributed by atoms with Crippen LogP contribution in [0.3, 0.4) is 0 Å². The number of amides is 2. The minimum Gasteiger partial charge on any atom is -0.383 e. The summed E-state index contributed by atoms with van der Waals surface area (Å²) in [5, 5.41) is 10.3. The van der Waals surface area contributed by atoms with Gasteiger partial charge in [-0.25, -0.2) is 14.8 Å². The molecular weight excluding hydrogens is 518 g/mol. The Labute approximate surface area is 240 Å². The van der Waals surface area contributed by atoms with E-state index in [1.807, 2.05) is 38.1 Å². The summed E-state index contributed by atoms with van der Waals surface area (Å²) in [6, 6.07) is 10.1. The molecular formula is C30H39N9O2. The van der Waals surface area contributed by atoms with E-state index < -0.39 is 0 Å². The maximum Gasteiger partial charge on any atom is 0.324 e. The van der Waals surface area contributed by atoms with E-state index in [2.05, 4.69) is 53.4 Å². The fourth-order valence-corrected chi connectivity index (χ4v) is 6.13. The third-order valence-electron chi connectivity index (χ3n) is 8.55. The number of benzene rings is 1. The second kappa shape index (κ2) is 11.5. The Balaban J connectivity index is 1.16. The minimum absolute atomic E-state index is 0.191. The number of likely N-dealkylation sites (N-methyl/N-ethyl adjacent to an activating group) is 1. The second-order valence-corrected chi connectivity index (χ2v) is 11.6. The number of rotatable bonds is 6.